The molecule has 0 unspecified atom stereocenters. The number of nitrogens with zero attached hydrogens (tertiary/aromatic N) is 2. The van der Waals surface area contributed by atoms with E-state index in [0.29, 0.717) is 16.0 Å². The number of amides is 1. The number of esters is 4. The van der Waals surface area contributed by atoms with E-state index in [1.54, 1.807) is 39.0 Å². The van der Waals surface area contributed by atoms with Gasteiger partial charge in [0, 0.05) is 33.7 Å². The van der Waals surface area contributed by atoms with Crippen LogP contribution >= 0.6 is 35.3 Å². The fourth-order valence-electron chi connectivity index (χ4n) is 5.80. The Labute approximate surface area is 298 Å². The second kappa shape index (κ2) is 13.9. The van der Waals surface area contributed by atoms with E-state index in [0.717, 1.165) is 63.7 Å². The zero-order valence-corrected chi connectivity index (χ0v) is 30.2. The maximum absolute atomic E-state index is 14.6. The lowest BCUT2D eigenvalue weighted by atomic mass is 9.82. The van der Waals surface area contributed by atoms with Crippen molar-refractivity contribution >= 4 is 82.0 Å². The maximum Gasteiger partial charge on any atom is 0.345 e. The Hall–Kier alpha value is -4.74. The molecular weight excluding hydrogens is 713 g/mol. The van der Waals surface area contributed by atoms with Crippen LogP contribution in [-0.4, -0.2) is 79.4 Å². The topological polar surface area (TPSA) is 178 Å². The number of hydrogen-bond donors (Lipinski definition) is 0. The standard InChI is InChI=1S/C33H30N2O12S3/c1-8-47-19-11-9-10-18-20-26(32(2,3)34(22(18)19)27(36)16-12-14-17(15-13-16)35(41)42)48-23(29(38)44-5)21(28(37)43-4)33(20)49-24(30(39)45-6)25(50-33)31(40)46-7/h9-15H,8H2,1-7H3. The third kappa shape index (κ3) is 5.72. The van der Waals surface area contributed by atoms with E-state index in [2.05, 4.69) is 0 Å². The van der Waals surface area contributed by atoms with Gasteiger partial charge in [0.15, 0.2) is 0 Å². The predicted molar refractivity (Wildman–Crippen MR) is 186 cm³/mol. The van der Waals surface area contributed by atoms with Crippen LogP contribution in [0.4, 0.5) is 11.4 Å². The molecule has 2 aromatic carbocycles. The van der Waals surface area contributed by atoms with Crippen LogP contribution in [0.5, 0.6) is 5.75 Å². The number of carbonyl (C=O) groups is 5. The lowest BCUT2D eigenvalue weighted by molar-refractivity contribution is -0.384. The molecule has 2 aromatic rings. The van der Waals surface area contributed by atoms with Crippen molar-refractivity contribution in [2.24, 2.45) is 0 Å². The van der Waals surface area contributed by atoms with Gasteiger partial charge in [0.05, 0.1) is 56.8 Å². The Balaban J connectivity index is 1.90. The van der Waals surface area contributed by atoms with Gasteiger partial charge in [0.25, 0.3) is 11.6 Å². The lowest BCUT2D eigenvalue weighted by Crippen LogP contribution is -2.54. The average Bonchev–Trinajstić information content (AvgIpc) is 3.50. The van der Waals surface area contributed by atoms with Crippen molar-refractivity contribution < 1.29 is 52.6 Å². The number of hydrogen-bond acceptors (Lipinski definition) is 15. The predicted octanol–water partition coefficient (Wildman–Crippen LogP) is 5.22. The van der Waals surface area contributed by atoms with Crippen molar-refractivity contribution in [3.05, 3.63) is 88.9 Å². The first-order valence-corrected chi connectivity index (χ1v) is 17.2. The van der Waals surface area contributed by atoms with Gasteiger partial charge in [-0.05, 0) is 39.0 Å². The Kier molecular flexibility index (Phi) is 10.1. The number of nitro benzene ring substituents is 1. The van der Waals surface area contributed by atoms with E-state index in [9.17, 15) is 34.1 Å². The number of fused-ring (bicyclic) bond motifs is 3. The zero-order chi connectivity index (χ0) is 36.7. The molecule has 0 radical (unpaired) electrons. The third-order valence-electron chi connectivity index (χ3n) is 7.95. The number of methoxy groups -OCH3 is 4. The van der Waals surface area contributed by atoms with Crippen LogP contribution < -0.4 is 9.64 Å². The zero-order valence-electron chi connectivity index (χ0n) is 27.8. The summed E-state index contributed by atoms with van der Waals surface area (Å²) in [6.07, 6.45) is 0. The molecule has 5 rings (SSSR count). The summed E-state index contributed by atoms with van der Waals surface area (Å²) in [5.74, 6) is -3.91. The molecule has 262 valence electrons. The number of non-ortho nitro benzene ring substituents is 1. The van der Waals surface area contributed by atoms with Crippen LogP contribution in [0.25, 0.3) is 5.57 Å². The van der Waals surface area contributed by atoms with Crippen molar-refractivity contribution in [1.82, 2.24) is 0 Å². The van der Waals surface area contributed by atoms with E-state index in [1.807, 2.05) is 0 Å². The summed E-state index contributed by atoms with van der Waals surface area (Å²) < 4.78 is 24.7. The number of benzene rings is 2. The molecular formula is C33H30N2O12S3. The van der Waals surface area contributed by atoms with Gasteiger partial charge in [-0.1, -0.05) is 47.4 Å². The molecule has 0 atom stereocenters. The molecule has 3 aliphatic heterocycles. The number of rotatable bonds is 8. The van der Waals surface area contributed by atoms with Gasteiger partial charge in [-0.25, -0.2) is 19.2 Å². The minimum Gasteiger partial charge on any atom is -0.492 e. The quantitative estimate of drug-likeness (QED) is 0.149. The summed E-state index contributed by atoms with van der Waals surface area (Å²) in [4.78, 5) is 80.6. The number of anilines is 1. The van der Waals surface area contributed by atoms with Crippen LogP contribution in [0.1, 0.15) is 36.7 Å². The highest BCUT2D eigenvalue weighted by Gasteiger charge is 2.62. The lowest BCUT2D eigenvalue weighted by Gasteiger charge is -2.51. The van der Waals surface area contributed by atoms with Crippen LogP contribution in [0.3, 0.4) is 0 Å². The molecule has 0 aliphatic carbocycles. The Morgan fingerprint density at radius 3 is 1.84 bits per heavy atom. The normalized spacial score (nSPS) is 17.1. The van der Waals surface area contributed by atoms with Gasteiger partial charge in [-0.3, -0.25) is 19.8 Å². The van der Waals surface area contributed by atoms with E-state index >= 15 is 0 Å². The second-order valence-electron chi connectivity index (χ2n) is 11.0. The highest BCUT2D eigenvalue weighted by Crippen LogP contribution is 2.71. The minimum atomic E-state index is -1.77. The van der Waals surface area contributed by atoms with Crippen molar-refractivity contribution in [3.8, 4) is 5.75 Å². The van der Waals surface area contributed by atoms with Gasteiger partial charge >= 0.3 is 23.9 Å². The van der Waals surface area contributed by atoms with Gasteiger partial charge in [-0.2, -0.15) is 0 Å². The van der Waals surface area contributed by atoms with Crippen molar-refractivity contribution in [2.75, 3.05) is 39.9 Å². The van der Waals surface area contributed by atoms with E-state index in [-0.39, 0.29) is 49.6 Å². The highest BCUT2D eigenvalue weighted by atomic mass is 32.2. The Morgan fingerprint density at radius 1 is 0.800 bits per heavy atom. The summed E-state index contributed by atoms with van der Waals surface area (Å²) in [6, 6.07) is 10.1. The molecule has 0 N–H and O–H groups in total. The average molecular weight is 743 g/mol. The first-order chi connectivity index (χ1) is 23.7. The van der Waals surface area contributed by atoms with Crippen LogP contribution in [0.15, 0.2) is 67.7 Å². The molecule has 0 saturated heterocycles. The molecule has 1 amide bonds. The van der Waals surface area contributed by atoms with Gasteiger partial charge in [0.2, 0.25) is 0 Å². The summed E-state index contributed by atoms with van der Waals surface area (Å²) >= 11 is 2.49. The molecule has 0 bridgehead atoms. The molecule has 0 saturated carbocycles. The number of thioether (sulfide) groups is 3. The summed E-state index contributed by atoms with van der Waals surface area (Å²) in [5, 5.41) is 11.4. The van der Waals surface area contributed by atoms with E-state index < -0.39 is 44.3 Å². The second-order valence-corrected chi connectivity index (χ2v) is 14.8. The third-order valence-corrected chi connectivity index (χ3v) is 12.6. The summed E-state index contributed by atoms with van der Waals surface area (Å²) in [6.45, 7) is 5.40. The largest absolute Gasteiger partial charge is 0.492 e. The SMILES string of the molecule is CCOc1cccc2c1N(C(=O)c1ccc([N+](=O)[O-])cc1)C(C)(C)C1=C2C2(SC(C(=O)OC)=C(C(=O)OC)S2)C(C(=O)OC)=C(C(=O)OC)S1. The van der Waals surface area contributed by atoms with Crippen LogP contribution in [0, 0.1) is 10.1 Å². The monoisotopic (exact) mass is 742 g/mol. The minimum absolute atomic E-state index is 0.117. The Bertz CT molecular complexity index is 1920. The fourth-order valence-corrected chi connectivity index (χ4v) is 10.9. The molecule has 17 heteroatoms. The smallest absolute Gasteiger partial charge is 0.345 e. The molecule has 0 aromatic heterocycles. The van der Waals surface area contributed by atoms with E-state index in [4.69, 9.17) is 23.7 Å². The maximum atomic E-state index is 14.6. The number of carbonyl (C=O) groups excluding carboxylic acids is 5. The molecule has 50 heavy (non-hydrogen) atoms. The number of nitro groups is 1. The molecule has 3 heterocycles. The fraction of sp³-hybridized carbons (Fsp3) is 0.303. The number of para-hydroxylation sites is 1. The number of ether oxygens (including phenoxy) is 5. The summed E-state index contributed by atoms with van der Waals surface area (Å²) in [7, 11) is 4.53. The van der Waals surface area contributed by atoms with Crippen LogP contribution in [-0.2, 0) is 38.1 Å². The molecule has 14 nitrogen and oxygen atoms in total. The molecule has 1 spiro atoms. The van der Waals surface area contributed by atoms with Gasteiger partial charge < -0.3 is 23.7 Å². The van der Waals surface area contributed by atoms with E-state index in [1.165, 1.54) is 29.2 Å². The highest BCUT2D eigenvalue weighted by molar-refractivity contribution is 8.26. The van der Waals surface area contributed by atoms with Gasteiger partial charge in [0.1, 0.15) is 24.5 Å². The van der Waals surface area contributed by atoms with Crippen molar-refractivity contribution in [2.45, 2.75) is 30.4 Å². The molecule has 0 fully saturated rings. The Morgan fingerprint density at radius 2 is 1.34 bits per heavy atom. The molecule has 3 aliphatic rings. The van der Waals surface area contributed by atoms with Crippen molar-refractivity contribution in [1.29, 1.82) is 0 Å². The first-order valence-electron chi connectivity index (χ1n) is 14.7. The van der Waals surface area contributed by atoms with Crippen LogP contribution in [0.2, 0.25) is 0 Å². The van der Waals surface area contributed by atoms with Gasteiger partial charge in [-0.15, -0.1) is 0 Å². The first kappa shape index (κ1) is 36.5. The summed E-state index contributed by atoms with van der Waals surface area (Å²) in [5.41, 5.74) is -0.642. The van der Waals surface area contributed by atoms with Crippen molar-refractivity contribution in [3.63, 3.8) is 0 Å².